The third-order valence-corrected chi connectivity index (χ3v) is 2.34. The molecular weight excluding hydrogens is 238 g/mol. The first kappa shape index (κ1) is 11.9. The van der Waals surface area contributed by atoms with Gasteiger partial charge in [0, 0.05) is 5.56 Å². The van der Waals surface area contributed by atoms with Crippen LogP contribution >= 0.6 is 0 Å². The van der Waals surface area contributed by atoms with E-state index in [1.165, 1.54) is 10.7 Å². The van der Waals surface area contributed by atoms with Gasteiger partial charge in [-0.1, -0.05) is 11.3 Å². The molecule has 0 aliphatic carbocycles. The van der Waals surface area contributed by atoms with E-state index >= 15 is 0 Å². The van der Waals surface area contributed by atoms with Crippen LogP contribution in [0.3, 0.4) is 0 Å². The number of halogens is 2. The topological polar surface area (TPSA) is 54.5 Å². The molecule has 0 aliphatic heterocycles. The van der Waals surface area contributed by atoms with Crippen molar-refractivity contribution in [2.75, 3.05) is 0 Å². The van der Waals surface area contributed by atoms with Gasteiger partial charge in [0.05, 0.1) is 6.54 Å². The zero-order valence-electron chi connectivity index (χ0n) is 9.27. The maximum atomic E-state index is 13.2. The van der Waals surface area contributed by atoms with Gasteiger partial charge in [-0.15, -0.1) is 11.7 Å². The number of hydrogen-bond donors (Lipinski definition) is 0. The molecule has 6 heteroatoms. The molecule has 1 heterocycles. The number of nitrogens with zero attached hydrogens (tertiary/aromatic N) is 4. The van der Waals surface area contributed by atoms with Crippen LogP contribution in [0.4, 0.5) is 8.78 Å². The molecule has 18 heavy (non-hydrogen) atoms. The van der Waals surface area contributed by atoms with E-state index in [1.54, 1.807) is 6.08 Å². The number of allylic oxidation sites excluding steroid dienone is 1. The number of nitriles is 1. The normalized spacial score (nSPS) is 10.1. The second-order valence-electron chi connectivity index (χ2n) is 3.50. The van der Waals surface area contributed by atoms with Gasteiger partial charge in [-0.25, -0.2) is 13.5 Å². The molecule has 0 atom stereocenters. The largest absolute Gasteiger partial charge is 0.239 e. The van der Waals surface area contributed by atoms with Crippen LogP contribution in [0.15, 0.2) is 30.9 Å². The van der Waals surface area contributed by atoms with Gasteiger partial charge >= 0.3 is 0 Å². The molecule has 1 aromatic heterocycles. The van der Waals surface area contributed by atoms with Crippen LogP contribution in [-0.2, 0) is 6.54 Å². The minimum Gasteiger partial charge on any atom is -0.239 e. The summed E-state index contributed by atoms with van der Waals surface area (Å²) in [6, 6.07) is 5.24. The predicted molar refractivity (Wildman–Crippen MR) is 60.3 cm³/mol. The van der Waals surface area contributed by atoms with E-state index in [0.29, 0.717) is 17.8 Å². The lowest BCUT2D eigenvalue weighted by Crippen LogP contribution is -2.01. The zero-order valence-corrected chi connectivity index (χ0v) is 9.27. The molecule has 0 unspecified atom stereocenters. The van der Waals surface area contributed by atoms with Crippen molar-refractivity contribution in [3.05, 3.63) is 48.2 Å². The monoisotopic (exact) mass is 246 g/mol. The van der Waals surface area contributed by atoms with E-state index in [0.717, 1.165) is 12.1 Å². The SMILES string of the molecule is C=CCn1nnc(C#N)c1-c1ccc(F)c(F)c1. The van der Waals surface area contributed by atoms with Crippen LogP contribution < -0.4 is 0 Å². The molecule has 0 aliphatic rings. The Morgan fingerprint density at radius 2 is 2.17 bits per heavy atom. The van der Waals surface area contributed by atoms with Gasteiger partial charge in [0.15, 0.2) is 17.3 Å². The lowest BCUT2D eigenvalue weighted by molar-refractivity contribution is 0.509. The number of benzene rings is 1. The lowest BCUT2D eigenvalue weighted by Gasteiger charge is -2.04. The summed E-state index contributed by atoms with van der Waals surface area (Å²) in [4.78, 5) is 0. The smallest absolute Gasteiger partial charge is 0.190 e. The van der Waals surface area contributed by atoms with Crippen LogP contribution in [0.1, 0.15) is 5.69 Å². The van der Waals surface area contributed by atoms with Crippen molar-refractivity contribution in [1.29, 1.82) is 5.26 Å². The van der Waals surface area contributed by atoms with E-state index in [4.69, 9.17) is 5.26 Å². The Hall–Kier alpha value is -2.55. The molecule has 4 nitrogen and oxygen atoms in total. The van der Waals surface area contributed by atoms with Crippen molar-refractivity contribution in [1.82, 2.24) is 15.0 Å². The first-order valence-electron chi connectivity index (χ1n) is 5.07. The number of hydrogen-bond acceptors (Lipinski definition) is 3. The second-order valence-corrected chi connectivity index (χ2v) is 3.50. The highest BCUT2D eigenvalue weighted by atomic mass is 19.2. The van der Waals surface area contributed by atoms with Gasteiger partial charge in [-0.2, -0.15) is 5.26 Å². The minimum atomic E-state index is -0.984. The summed E-state index contributed by atoms with van der Waals surface area (Å²) in [5.41, 5.74) is 0.747. The quantitative estimate of drug-likeness (QED) is 0.781. The van der Waals surface area contributed by atoms with Crippen LogP contribution in [0.2, 0.25) is 0 Å². The average Bonchev–Trinajstić information content (AvgIpc) is 2.76. The molecule has 0 N–H and O–H groups in total. The van der Waals surface area contributed by atoms with E-state index in [-0.39, 0.29) is 5.69 Å². The zero-order chi connectivity index (χ0) is 13.1. The molecule has 90 valence electrons. The molecule has 0 bridgehead atoms. The van der Waals surface area contributed by atoms with Crippen molar-refractivity contribution in [3.63, 3.8) is 0 Å². The van der Waals surface area contributed by atoms with Crippen molar-refractivity contribution >= 4 is 0 Å². The number of rotatable bonds is 3. The van der Waals surface area contributed by atoms with Gasteiger partial charge in [-0.3, -0.25) is 0 Å². The minimum absolute atomic E-state index is 0.0582. The van der Waals surface area contributed by atoms with Gasteiger partial charge in [-0.05, 0) is 18.2 Å². The highest BCUT2D eigenvalue weighted by Crippen LogP contribution is 2.23. The van der Waals surface area contributed by atoms with Gasteiger partial charge < -0.3 is 0 Å². The summed E-state index contributed by atoms with van der Waals surface area (Å²) in [6.07, 6.45) is 1.57. The van der Waals surface area contributed by atoms with Crippen molar-refractivity contribution in [2.45, 2.75) is 6.54 Å². The molecule has 0 radical (unpaired) electrons. The first-order valence-corrected chi connectivity index (χ1v) is 5.07. The summed E-state index contributed by atoms with van der Waals surface area (Å²) in [5.74, 6) is -1.93. The molecule has 0 fully saturated rings. The van der Waals surface area contributed by atoms with Crippen LogP contribution in [0.5, 0.6) is 0 Å². The molecule has 2 rings (SSSR count). The van der Waals surface area contributed by atoms with E-state index in [9.17, 15) is 8.78 Å². The Bertz CT molecular complexity index is 640. The molecule has 0 amide bonds. The van der Waals surface area contributed by atoms with Gasteiger partial charge in [0.2, 0.25) is 0 Å². The van der Waals surface area contributed by atoms with Gasteiger partial charge in [0.25, 0.3) is 0 Å². The molecule has 1 aromatic carbocycles. The van der Waals surface area contributed by atoms with Crippen LogP contribution in [-0.4, -0.2) is 15.0 Å². The molecule has 0 saturated heterocycles. The first-order chi connectivity index (χ1) is 8.67. The summed E-state index contributed by atoms with van der Waals surface area (Å²) < 4.78 is 27.5. The Kier molecular flexibility index (Phi) is 3.15. The van der Waals surface area contributed by atoms with Crippen LogP contribution in [0.25, 0.3) is 11.3 Å². The van der Waals surface area contributed by atoms with E-state index in [1.807, 2.05) is 6.07 Å². The Morgan fingerprint density at radius 3 is 2.78 bits per heavy atom. The van der Waals surface area contributed by atoms with Crippen molar-refractivity contribution in [2.24, 2.45) is 0 Å². The maximum Gasteiger partial charge on any atom is 0.190 e. The third kappa shape index (κ3) is 1.98. The highest BCUT2D eigenvalue weighted by Gasteiger charge is 2.15. The van der Waals surface area contributed by atoms with E-state index in [2.05, 4.69) is 16.9 Å². The van der Waals surface area contributed by atoms with Crippen LogP contribution in [0, 0.1) is 23.0 Å². The number of aromatic nitrogens is 3. The lowest BCUT2D eigenvalue weighted by atomic mass is 10.1. The maximum absolute atomic E-state index is 13.2. The predicted octanol–water partition coefficient (Wildman–Crippen LogP) is 2.28. The van der Waals surface area contributed by atoms with E-state index < -0.39 is 11.6 Å². The summed E-state index contributed by atoms with van der Waals surface area (Å²) in [6.45, 7) is 3.87. The molecule has 2 aromatic rings. The van der Waals surface area contributed by atoms with Gasteiger partial charge in [0.1, 0.15) is 11.8 Å². The standard InChI is InChI=1S/C12H8F2N4/c1-2-5-18-12(11(7-15)16-17-18)8-3-4-9(13)10(14)6-8/h2-4,6H,1,5H2. The second kappa shape index (κ2) is 4.75. The Labute approximate surface area is 102 Å². The van der Waals surface area contributed by atoms with Crippen molar-refractivity contribution < 1.29 is 8.78 Å². The fourth-order valence-electron chi connectivity index (χ4n) is 1.57. The molecular formula is C12H8F2N4. The summed E-state index contributed by atoms with van der Waals surface area (Å²) in [7, 11) is 0. The molecule has 0 saturated carbocycles. The molecule has 0 spiro atoms. The van der Waals surface area contributed by atoms with Crippen molar-refractivity contribution in [3.8, 4) is 17.3 Å². The Morgan fingerprint density at radius 1 is 1.39 bits per heavy atom. The third-order valence-electron chi connectivity index (χ3n) is 2.34. The Balaban J connectivity index is 2.61. The fourth-order valence-corrected chi connectivity index (χ4v) is 1.57. The summed E-state index contributed by atoms with van der Waals surface area (Å²) in [5, 5.41) is 16.4. The fraction of sp³-hybridized carbons (Fsp3) is 0.0833. The highest BCUT2D eigenvalue weighted by molar-refractivity contribution is 5.64. The average molecular weight is 246 g/mol. The summed E-state index contributed by atoms with van der Waals surface area (Å²) >= 11 is 0.